The van der Waals surface area contributed by atoms with Crippen LogP contribution >= 0.6 is 0 Å². The Labute approximate surface area is 197 Å². The van der Waals surface area contributed by atoms with E-state index in [2.05, 4.69) is 33.6 Å². The number of anilines is 3. The number of rotatable bonds is 6. The fourth-order valence-electron chi connectivity index (χ4n) is 3.74. The third kappa shape index (κ3) is 4.71. The Kier molecular flexibility index (Phi) is 5.86. The minimum absolute atomic E-state index is 0.192. The van der Waals surface area contributed by atoms with E-state index in [1.54, 1.807) is 36.8 Å². The standard InChI is InChI=1S/C28H22N4O2/c1-19-4-2-7-25-27(19)26(14-17-30-25)31-22-6-3-5-20(18-22)28(33)32-21-8-10-23(11-9-21)34-24-12-15-29-16-13-24/h2-18H,1H3,(H,30,31)(H,32,33). The maximum absolute atomic E-state index is 12.9. The highest BCUT2D eigenvalue weighted by Crippen LogP contribution is 2.28. The highest BCUT2D eigenvalue weighted by Gasteiger charge is 2.09. The zero-order valence-corrected chi connectivity index (χ0v) is 18.5. The first-order valence-electron chi connectivity index (χ1n) is 10.9. The van der Waals surface area contributed by atoms with Crippen molar-refractivity contribution in [2.24, 2.45) is 0 Å². The van der Waals surface area contributed by atoms with E-state index in [4.69, 9.17) is 4.74 Å². The fourth-order valence-corrected chi connectivity index (χ4v) is 3.74. The highest BCUT2D eigenvalue weighted by molar-refractivity contribution is 6.05. The molecule has 166 valence electrons. The molecule has 0 radical (unpaired) electrons. The second-order valence-corrected chi connectivity index (χ2v) is 7.80. The van der Waals surface area contributed by atoms with Gasteiger partial charge in [-0.1, -0.05) is 18.2 Å². The molecule has 2 heterocycles. The fraction of sp³-hybridized carbons (Fsp3) is 0.0357. The van der Waals surface area contributed by atoms with Crippen molar-refractivity contribution >= 4 is 33.9 Å². The van der Waals surface area contributed by atoms with Crippen LogP contribution in [-0.2, 0) is 0 Å². The van der Waals surface area contributed by atoms with Crippen molar-refractivity contribution in [3.05, 3.63) is 115 Å². The Morgan fingerprint density at radius 3 is 2.38 bits per heavy atom. The Balaban J connectivity index is 1.30. The summed E-state index contributed by atoms with van der Waals surface area (Å²) in [5, 5.41) is 7.44. The molecule has 34 heavy (non-hydrogen) atoms. The van der Waals surface area contributed by atoms with Crippen LogP contribution in [0.2, 0.25) is 0 Å². The first-order valence-corrected chi connectivity index (χ1v) is 10.9. The topological polar surface area (TPSA) is 76.1 Å². The molecule has 0 unspecified atom stereocenters. The van der Waals surface area contributed by atoms with E-state index >= 15 is 0 Å². The van der Waals surface area contributed by atoms with Crippen LogP contribution in [0.1, 0.15) is 15.9 Å². The molecule has 0 saturated carbocycles. The van der Waals surface area contributed by atoms with Gasteiger partial charge in [0.25, 0.3) is 5.91 Å². The number of hydrogen-bond donors (Lipinski definition) is 2. The largest absolute Gasteiger partial charge is 0.457 e. The summed E-state index contributed by atoms with van der Waals surface area (Å²) in [6.07, 6.45) is 5.12. The van der Waals surface area contributed by atoms with E-state index in [0.717, 1.165) is 27.8 Å². The minimum atomic E-state index is -0.192. The number of benzene rings is 3. The van der Waals surface area contributed by atoms with Crippen LogP contribution in [0.25, 0.3) is 10.9 Å². The van der Waals surface area contributed by atoms with E-state index in [1.165, 1.54) is 0 Å². The number of nitrogens with one attached hydrogen (secondary N) is 2. The highest BCUT2D eigenvalue weighted by atomic mass is 16.5. The molecule has 0 aliphatic carbocycles. The van der Waals surface area contributed by atoms with Gasteiger partial charge >= 0.3 is 0 Å². The molecule has 3 aromatic carbocycles. The third-order valence-corrected chi connectivity index (χ3v) is 5.38. The monoisotopic (exact) mass is 446 g/mol. The molecule has 0 atom stereocenters. The Morgan fingerprint density at radius 2 is 1.56 bits per heavy atom. The number of carbonyl (C=O) groups excluding carboxylic acids is 1. The first kappa shape index (κ1) is 21.2. The van der Waals surface area contributed by atoms with E-state index in [-0.39, 0.29) is 5.91 Å². The summed E-state index contributed by atoms with van der Waals surface area (Å²) < 4.78 is 5.77. The number of aromatic nitrogens is 2. The van der Waals surface area contributed by atoms with Gasteiger partial charge in [0.15, 0.2) is 0 Å². The summed E-state index contributed by atoms with van der Waals surface area (Å²) in [4.78, 5) is 21.3. The lowest BCUT2D eigenvalue weighted by Crippen LogP contribution is -2.12. The molecule has 5 aromatic rings. The van der Waals surface area contributed by atoms with Crippen LogP contribution in [-0.4, -0.2) is 15.9 Å². The molecule has 0 saturated heterocycles. The molecule has 5 rings (SSSR count). The Morgan fingerprint density at radius 1 is 0.794 bits per heavy atom. The van der Waals surface area contributed by atoms with E-state index in [1.807, 2.05) is 60.7 Å². The van der Waals surface area contributed by atoms with Gasteiger partial charge in [-0.05, 0) is 79.2 Å². The van der Waals surface area contributed by atoms with Crippen molar-refractivity contribution in [3.63, 3.8) is 0 Å². The first-order chi connectivity index (χ1) is 16.7. The predicted molar refractivity (Wildman–Crippen MR) is 135 cm³/mol. The lowest BCUT2D eigenvalue weighted by atomic mass is 10.1. The van der Waals surface area contributed by atoms with Crippen molar-refractivity contribution in [2.75, 3.05) is 10.6 Å². The molecule has 6 heteroatoms. The Bertz CT molecular complexity index is 1450. The molecular formula is C28H22N4O2. The zero-order chi connectivity index (χ0) is 23.3. The average molecular weight is 447 g/mol. The Hall–Kier alpha value is -4.71. The second-order valence-electron chi connectivity index (χ2n) is 7.80. The lowest BCUT2D eigenvalue weighted by Gasteiger charge is -2.12. The van der Waals surface area contributed by atoms with E-state index < -0.39 is 0 Å². The van der Waals surface area contributed by atoms with Gasteiger partial charge in [-0.25, -0.2) is 0 Å². The summed E-state index contributed by atoms with van der Waals surface area (Å²) >= 11 is 0. The van der Waals surface area contributed by atoms with Crippen LogP contribution in [0.5, 0.6) is 11.5 Å². The van der Waals surface area contributed by atoms with Gasteiger partial charge in [0.1, 0.15) is 11.5 Å². The normalized spacial score (nSPS) is 10.6. The van der Waals surface area contributed by atoms with Gasteiger partial charge in [-0.15, -0.1) is 0 Å². The van der Waals surface area contributed by atoms with Crippen LogP contribution in [0, 0.1) is 6.92 Å². The van der Waals surface area contributed by atoms with Gasteiger partial charge in [-0.3, -0.25) is 14.8 Å². The summed E-state index contributed by atoms with van der Waals surface area (Å²) in [5.41, 5.74) is 5.07. The SMILES string of the molecule is Cc1cccc2nccc(Nc3cccc(C(=O)Nc4ccc(Oc5ccncc5)cc4)c3)c12. The van der Waals surface area contributed by atoms with Gasteiger partial charge in [0.2, 0.25) is 0 Å². The molecule has 6 nitrogen and oxygen atoms in total. The molecule has 1 amide bonds. The quantitative estimate of drug-likeness (QED) is 0.303. The van der Waals surface area contributed by atoms with E-state index in [0.29, 0.717) is 22.7 Å². The number of aryl methyl sites for hydroxylation is 1. The van der Waals surface area contributed by atoms with Gasteiger partial charge in [0.05, 0.1) is 5.52 Å². The molecule has 0 aliphatic rings. The summed E-state index contributed by atoms with van der Waals surface area (Å²) in [7, 11) is 0. The van der Waals surface area contributed by atoms with Crippen LogP contribution < -0.4 is 15.4 Å². The third-order valence-electron chi connectivity index (χ3n) is 5.38. The van der Waals surface area contributed by atoms with Gasteiger partial charge < -0.3 is 15.4 Å². The number of fused-ring (bicyclic) bond motifs is 1. The molecule has 0 spiro atoms. The number of pyridine rings is 2. The molecule has 0 aliphatic heterocycles. The van der Waals surface area contributed by atoms with Crippen LogP contribution in [0.4, 0.5) is 17.1 Å². The number of hydrogen-bond acceptors (Lipinski definition) is 5. The minimum Gasteiger partial charge on any atom is -0.457 e. The van der Waals surface area contributed by atoms with Crippen molar-refractivity contribution in [1.29, 1.82) is 0 Å². The maximum atomic E-state index is 12.9. The molecular weight excluding hydrogens is 424 g/mol. The van der Waals surface area contributed by atoms with Gasteiger partial charge in [-0.2, -0.15) is 0 Å². The molecule has 2 N–H and O–H groups in total. The second kappa shape index (κ2) is 9.42. The smallest absolute Gasteiger partial charge is 0.255 e. The molecule has 0 fully saturated rings. The van der Waals surface area contributed by atoms with Crippen molar-refractivity contribution in [1.82, 2.24) is 9.97 Å². The number of ether oxygens (including phenoxy) is 1. The summed E-state index contributed by atoms with van der Waals surface area (Å²) in [5.74, 6) is 1.19. The van der Waals surface area contributed by atoms with Crippen molar-refractivity contribution in [3.8, 4) is 11.5 Å². The maximum Gasteiger partial charge on any atom is 0.255 e. The summed E-state index contributed by atoms with van der Waals surface area (Å²) in [6.45, 7) is 2.06. The number of amides is 1. The van der Waals surface area contributed by atoms with Crippen LogP contribution in [0.15, 0.2) is 104 Å². The number of nitrogens with zero attached hydrogens (tertiary/aromatic N) is 2. The van der Waals surface area contributed by atoms with Crippen LogP contribution in [0.3, 0.4) is 0 Å². The summed E-state index contributed by atoms with van der Waals surface area (Å²) in [6, 6.07) is 26.2. The predicted octanol–water partition coefficient (Wildman–Crippen LogP) is 6.73. The van der Waals surface area contributed by atoms with Gasteiger partial charge in [0, 0.05) is 46.6 Å². The average Bonchev–Trinajstić information content (AvgIpc) is 2.86. The van der Waals surface area contributed by atoms with E-state index in [9.17, 15) is 4.79 Å². The van der Waals surface area contributed by atoms with Crippen molar-refractivity contribution in [2.45, 2.75) is 6.92 Å². The molecule has 0 bridgehead atoms. The molecule has 2 aromatic heterocycles. The lowest BCUT2D eigenvalue weighted by molar-refractivity contribution is 0.102. The number of carbonyl (C=O) groups is 1. The van der Waals surface area contributed by atoms with Crippen molar-refractivity contribution < 1.29 is 9.53 Å². The zero-order valence-electron chi connectivity index (χ0n) is 18.5.